The number of aliphatic hydroxyl groups excluding tert-OH is 1. The van der Waals surface area contributed by atoms with Gasteiger partial charge in [0.25, 0.3) is 5.91 Å². The van der Waals surface area contributed by atoms with E-state index in [0.717, 1.165) is 35.2 Å². The Kier molecular flexibility index (Phi) is 10.7. The third-order valence-corrected chi connectivity index (χ3v) is 7.02. The fourth-order valence-corrected chi connectivity index (χ4v) is 4.54. The van der Waals surface area contributed by atoms with Crippen molar-refractivity contribution in [1.82, 2.24) is 10.6 Å². The molecule has 4 N–H and O–H groups in total. The molecule has 7 heteroatoms. The average Bonchev–Trinajstić information content (AvgIpc) is 3.33. The highest BCUT2D eigenvalue weighted by Gasteiger charge is 2.43. The molecule has 0 spiro atoms. The number of rotatable bonds is 7. The van der Waals surface area contributed by atoms with Gasteiger partial charge in [0.2, 0.25) is 11.8 Å². The van der Waals surface area contributed by atoms with Gasteiger partial charge in [-0.25, -0.2) is 0 Å². The predicted octanol–water partition coefficient (Wildman–Crippen LogP) is 4.36. The Bertz CT molecular complexity index is 1020. The van der Waals surface area contributed by atoms with E-state index in [2.05, 4.69) is 22.5 Å². The first-order chi connectivity index (χ1) is 17.1. The minimum absolute atomic E-state index is 0.151. The van der Waals surface area contributed by atoms with Crippen molar-refractivity contribution in [3.8, 4) is 0 Å². The predicted molar refractivity (Wildman–Crippen MR) is 145 cm³/mol. The van der Waals surface area contributed by atoms with Gasteiger partial charge >= 0.3 is 0 Å². The van der Waals surface area contributed by atoms with Gasteiger partial charge in [0.15, 0.2) is 0 Å². The van der Waals surface area contributed by atoms with Gasteiger partial charge in [-0.2, -0.15) is 0 Å². The van der Waals surface area contributed by atoms with Crippen molar-refractivity contribution in [3.05, 3.63) is 60.2 Å². The zero-order valence-electron chi connectivity index (χ0n) is 22.2. The maximum atomic E-state index is 13.4. The van der Waals surface area contributed by atoms with Crippen LogP contribution in [0.15, 0.2) is 54.6 Å². The molecule has 1 aliphatic carbocycles. The lowest BCUT2D eigenvalue weighted by molar-refractivity contribution is -0.136. The van der Waals surface area contributed by atoms with Crippen LogP contribution in [-0.2, 0) is 14.4 Å². The summed E-state index contributed by atoms with van der Waals surface area (Å²) in [4.78, 5) is 38.6. The van der Waals surface area contributed by atoms with Crippen LogP contribution in [0.25, 0.3) is 5.57 Å². The minimum atomic E-state index is -1.11. The lowest BCUT2D eigenvalue weighted by Gasteiger charge is -2.31. The zero-order valence-corrected chi connectivity index (χ0v) is 22.2. The van der Waals surface area contributed by atoms with Crippen molar-refractivity contribution in [2.75, 3.05) is 11.9 Å². The Morgan fingerprint density at radius 2 is 1.86 bits per heavy atom. The molecule has 1 saturated carbocycles. The molecule has 196 valence electrons. The first kappa shape index (κ1) is 29.0. The van der Waals surface area contributed by atoms with E-state index < -0.39 is 23.5 Å². The van der Waals surface area contributed by atoms with Gasteiger partial charge in [-0.3, -0.25) is 14.4 Å². The smallest absolute Gasteiger partial charge is 0.251 e. The number of fused-ring (bicyclic) bond motifs is 1. The Morgan fingerprint density at radius 1 is 1.22 bits per heavy atom. The Balaban J connectivity index is 0.000000830. The van der Waals surface area contributed by atoms with E-state index in [4.69, 9.17) is 0 Å². The average molecular weight is 496 g/mol. The molecule has 0 aromatic heterocycles. The number of benzene rings is 1. The summed E-state index contributed by atoms with van der Waals surface area (Å²) in [5.41, 5.74) is 2.64. The largest absolute Gasteiger partial charge is 0.383 e. The molecular formula is C29H41N3O4. The molecule has 36 heavy (non-hydrogen) atoms. The van der Waals surface area contributed by atoms with Gasteiger partial charge in [0.1, 0.15) is 12.1 Å². The van der Waals surface area contributed by atoms with E-state index in [-0.39, 0.29) is 24.3 Å². The second-order valence-corrected chi connectivity index (χ2v) is 9.90. The van der Waals surface area contributed by atoms with Crippen LogP contribution in [0.3, 0.4) is 0 Å². The number of amides is 3. The van der Waals surface area contributed by atoms with E-state index in [1.54, 1.807) is 19.9 Å². The van der Waals surface area contributed by atoms with Gasteiger partial charge < -0.3 is 21.1 Å². The van der Waals surface area contributed by atoms with Crippen molar-refractivity contribution < 1.29 is 19.5 Å². The molecule has 1 unspecified atom stereocenters. The van der Waals surface area contributed by atoms with E-state index in [1.807, 2.05) is 57.2 Å². The summed E-state index contributed by atoms with van der Waals surface area (Å²) < 4.78 is 0. The van der Waals surface area contributed by atoms with Crippen molar-refractivity contribution in [3.63, 3.8) is 0 Å². The van der Waals surface area contributed by atoms with Crippen molar-refractivity contribution in [2.45, 2.75) is 72.4 Å². The maximum Gasteiger partial charge on any atom is 0.251 e. The van der Waals surface area contributed by atoms with Crippen LogP contribution >= 0.6 is 0 Å². The summed E-state index contributed by atoms with van der Waals surface area (Å²) in [5.74, 6) is -1.19. The van der Waals surface area contributed by atoms with Crippen LogP contribution in [0.4, 0.5) is 5.69 Å². The third-order valence-electron chi connectivity index (χ3n) is 7.02. The molecule has 0 saturated heterocycles. The Morgan fingerprint density at radius 3 is 2.42 bits per heavy atom. The van der Waals surface area contributed by atoms with Crippen LogP contribution in [0.2, 0.25) is 0 Å². The summed E-state index contributed by atoms with van der Waals surface area (Å²) in [6.07, 6.45) is 7.49. The van der Waals surface area contributed by atoms with Crippen molar-refractivity contribution in [1.29, 1.82) is 0 Å². The van der Waals surface area contributed by atoms with E-state index in [1.165, 1.54) is 0 Å². The van der Waals surface area contributed by atoms with Gasteiger partial charge in [0.05, 0.1) is 5.41 Å². The number of allylic oxidation sites excluding steroid dienone is 4. The SMILES string of the molecule is C=C/C=C\C.CC1=C(C)C(NC(=O)C2(CNC(=O)[C@@H](O)C(C)C)CCCC2)C(=O)Nc2ccccc21. The van der Waals surface area contributed by atoms with Gasteiger partial charge in [-0.1, -0.05) is 69.7 Å². The fourth-order valence-electron chi connectivity index (χ4n) is 4.54. The number of hydrogen-bond donors (Lipinski definition) is 4. The van der Waals surface area contributed by atoms with Crippen LogP contribution in [0.5, 0.6) is 0 Å². The summed E-state index contributed by atoms with van der Waals surface area (Å²) in [6.45, 7) is 12.9. The zero-order chi connectivity index (χ0) is 26.9. The Hall–Kier alpha value is -3.19. The molecule has 2 aliphatic rings. The molecule has 7 nitrogen and oxygen atoms in total. The monoisotopic (exact) mass is 495 g/mol. The van der Waals surface area contributed by atoms with E-state index >= 15 is 0 Å². The molecule has 2 atom stereocenters. The molecule has 3 rings (SSSR count). The highest BCUT2D eigenvalue weighted by atomic mass is 16.3. The molecule has 0 radical (unpaired) electrons. The minimum Gasteiger partial charge on any atom is -0.383 e. The first-order valence-corrected chi connectivity index (χ1v) is 12.7. The van der Waals surface area contributed by atoms with Gasteiger partial charge in [0, 0.05) is 17.8 Å². The summed E-state index contributed by atoms with van der Waals surface area (Å²) in [6, 6.07) is 6.80. The third kappa shape index (κ3) is 6.94. The molecule has 1 heterocycles. The highest BCUT2D eigenvalue weighted by molar-refractivity contribution is 6.05. The fraction of sp³-hybridized carbons (Fsp3) is 0.483. The molecule has 1 aromatic rings. The maximum absolute atomic E-state index is 13.4. The highest BCUT2D eigenvalue weighted by Crippen LogP contribution is 2.39. The molecule has 0 bridgehead atoms. The second-order valence-electron chi connectivity index (χ2n) is 9.90. The Labute approximate surface area is 215 Å². The molecule has 1 aliphatic heterocycles. The number of hydrogen-bond acceptors (Lipinski definition) is 4. The van der Waals surface area contributed by atoms with E-state index in [9.17, 15) is 19.5 Å². The lowest BCUT2D eigenvalue weighted by Crippen LogP contribution is -2.54. The standard InChI is InChI=1S/C24H33N3O4.C5H8/c1-14(2)20(28)22(30)25-13-24(11-7-8-12-24)23(31)27-19-16(4)15(3)17-9-5-6-10-18(17)26-21(19)29;1-3-5-4-2/h5-6,9-10,14,19-20,28H,7-8,11-13H2,1-4H3,(H,25,30)(H,26,29)(H,27,31);3-5H,1H2,2H3/b;5-4-/t19?,20-;/m0./s1. The number of nitrogens with one attached hydrogen (secondary N) is 3. The van der Waals surface area contributed by atoms with Crippen molar-refractivity contribution in [2.24, 2.45) is 11.3 Å². The molecule has 1 aromatic carbocycles. The van der Waals surface area contributed by atoms with Crippen LogP contribution in [-0.4, -0.2) is 41.5 Å². The normalized spacial score (nSPS) is 19.5. The summed E-state index contributed by atoms with van der Waals surface area (Å²) in [5, 5.41) is 18.6. The van der Waals surface area contributed by atoms with Gasteiger partial charge in [-0.05, 0) is 56.7 Å². The van der Waals surface area contributed by atoms with Crippen LogP contribution < -0.4 is 16.0 Å². The van der Waals surface area contributed by atoms with E-state index in [0.29, 0.717) is 12.8 Å². The number of carbonyl (C=O) groups is 3. The lowest BCUT2D eigenvalue weighted by atomic mass is 9.84. The number of carbonyl (C=O) groups excluding carboxylic acids is 3. The number of aliphatic hydroxyl groups is 1. The first-order valence-electron chi connectivity index (χ1n) is 12.7. The number of anilines is 1. The topological polar surface area (TPSA) is 108 Å². The van der Waals surface area contributed by atoms with Crippen LogP contribution in [0, 0.1) is 11.3 Å². The summed E-state index contributed by atoms with van der Waals surface area (Å²) in [7, 11) is 0. The second kappa shape index (κ2) is 13.2. The van der Waals surface area contributed by atoms with Crippen LogP contribution in [0.1, 0.15) is 65.9 Å². The summed E-state index contributed by atoms with van der Waals surface area (Å²) >= 11 is 0. The molecule has 3 amide bonds. The number of para-hydroxylation sites is 1. The molecular weight excluding hydrogens is 454 g/mol. The van der Waals surface area contributed by atoms with Gasteiger partial charge in [-0.15, -0.1) is 0 Å². The quantitative estimate of drug-likeness (QED) is 0.422. The van der Waals surface area contributed by atoms with Crippen molar-refractivity contribution >= 4 is 29.0 Å². The molecule has 1 fully saturated rings.